The van der Waals surface area contributed by atoms with Gasteiger partial charge in [-0.25, -0.2) is 0 Å². The zero-order valence-corrected chi connectivity index (χ0v) is 13.5. The molecule has 1 aromatic carbocycles. The molecule has 1 aromatic heterocycles. The lowest BCUT2D eigenvalue weighted by atomic mass is 10.0. The predicted molar refractivity (Wildman–Crippen MR) is 82.7 cm³/mol. The zero-order chi connectivity index (χ0) is 14.0. The van der Waals surface area contributed by atoms with Gasteiger partial charge in [0.1, 0.15) is 0 Å². The third-order valence-corrected chi connectivity index (χ3v) is 3.86. The van der Waals surface area contributed by atoms with E-state index in [0.29, 0.717) is 5.02 Å². The fraction of sp³-hybridized carbons (Fsp3) is 0.357. The number of benzene rings is 1. The molecule has 2 aromatic rings. The quantitative estimate of drug-likeness (QED) is 0.903. The summed E-state index contributed by atoms with van der Waals surface area (Å²) in [5.41, 5.74) is 2.16. The highest BCUT2D eigenvalue weighted by Crippen LogP contribution is 2.30. The minimum Gasteiger partial charge on any atom is -0.308 e. The minimum absolute atomic E-state index is 0.0329. The Morgan fingerprint density at radius 3 is 2.42 bits per heavy atom. The molecule has 19 heavy (non-hydrogen) atoms. The molecule has 1 heterocycles. The molecule has 0 saturated heterocycles. The Morgan fingerprint density at radius 2 is 1.89 bits per heavy atom. The van der Waals surface area contributed by atoms with Crippen LogP contribution in [0.25, 0.3) is 0 Å². The molecule has 0 aliphatic heterocycles. The van der Waals surface area contributed by atoms with Crippen molar-refractivity contribution in [1.82, 2.24) is 15.1 Å². The Bertz CT molecular complexity index is 548. The molecule has 1 N–H and O–H groups in total. The molecule has 0 fully saturated rings. The fourth-order valence-electron chi connectivity index (χ4n) is 2.15. The molecule has 1 atom stereocenters. The Morgan fingerprint density at radius 1 is 1.26 bits per heavy atom. The Balaban J connectivity index is 2.47. The van der Waals surface area contributed by atoms with Crippen LogP contribution in [-0.2, 0) is 0 Å². The van der Waals surface area contributed by atoms with Crippen LogP contribution in [0.15, 0.2) is 34.9 Å². The smallest absolute Gasteiger partial charge is 0.0837 e. The van der Waals surface area contributed by atoms with Crippen LogP contribution in [0.1, 0.15) is 37.2 Å². The number of nitrogens with zero attached hydrogens (tertiary/aromatic N) is 2. The van der Waals surface area contributed by atoms with Crippen molar-refractivity contribution in [3.8, 4) is 0 Å². The first-order chi connectivity index (χ1) is 9.04. The molecule has 102 valence electrons. The van der Waals surface area contributed by atoms with Gasteiger partial charge in [-0.05, 0) is 38.6 Å². The second-order valence-corrected chi connectivity index (χ2v) is 6.01. The standard InChI is InChI=1S/C14H17BrClN3/c1-9(2)19-14(12(16)8-18-19)13(17-3)10-4-6-11(15)7-5-10/h4-9,13,17H,1-3H3. The summed E-state index contributed by atoms with van der Waals surface area (Å²) in [6.45, 7) is 4.20. The minimum atomic E-state index is 0.0329. The van der Waals surface area contributed by atoms with E-state index in [1.165, 1.54) is 0 Å². The highest BCUT2D eigenvalue weighted by atomic mass is 79.9. The fourth-order valence-corrected chi connectivity index (χ4v) is 2.65. The Hall–Kier alpha value is -0.840. The highest BCUT2D eigenvalue weighted by Gasteiger charge is 2.21. The first-order valence-electron chi connectivity index (χ1n) is 6.20. The van der Waals surface area contributed by atoms with E-state index in [1.807, 2.05) is 23.9 Å². The predicted octanol–water partition coefficient (Wildman–Crippen LogP) is 4.19. The summed E-state index contributed by atoms with van der Waals surface area (Å²) in [5.74, 6) is 0. The normalized spacial score (nSPS) is 12.9. The van der Waals surface area contributed by atoms with E-state index in [2.05, 4.69) is 52.3 Å². The number of nitrogens with one attached hydrogen (secondary N) is 1. The van der Waals surface area contributed by atoms with Crippen molar-refractivity contribution in [2.75, 3.05) is 7.05 Å². The van der Waals surface area contributed by atoms with Gasteiger partial charge in [-0.3, -0.25) is 4.68 Å². The summed E-state index contributed by atoms with van der Waals surface area (Å²) >= 11 is 9.76. The lowest BCUT2D eigenvalue weighted by Gasteiger charge is -2.21. The van der Waals surface area contributed by atoms with Gasteiger partial charge >= 0.3 is 0 Å². The molecule has 5 heteroatoms. The van der Waals surface area contributed by atoms with E-state index in [-0.39, 0.29) is 12.1 Å². The third kappa shape index (κ3) is 3.02. The van der Waals surface area contributed by atoms with E-state index >= 15 is 0 Å². The van der Waals surface area contributed by atoms with Crippen molar-refractivity contribution in [2.24, 2.45) is 0 Å². The monoisotopic (exact) mass is 341 g/mol. The average molecular weight is 343 g/mol. The summed E-state index contributed by atoms with van der Waals surface area (Å²) in [4.78, 5) is 0. The molecule has 0 aliphatic rings. The molecular weight excluding hydrogens is 326 g/mol. The first kappa shape index (κ1) is 14.6. The van der Waals surface area contributed by atoms with Gasteiger partial charge < -0.3 is 5.32 Å². The average Bonchev–Trinajstić information content (AvgIpc) is 2.75. The van der Waals surface area contributed by atoms with Crippen molar-refractivity contribution in [1.29, 1.82) is 0 Å². The van der Waals surface area contributed by atoms with Crippen LogP contribution in [0.5, 0.6) is 0 Å². The molecule has 0 spiro atoms. The van der Waals surface area contributed by atoms with E-state index in [0.717, 1.165) is 15.7 Å². The van der Waals surface area contributed by atoms with Crippen LogP contribution in [0.3, 0.4) is 0 Å². The highest BCUT2D eigenvalue weighted by molar-refractivity contribution is 9.10. The molecule has 0 aliphatic carbocycles. The number of rotatable bonds is 4. The summed E-state index contributed by atoms with van der Waals surface area (Å²) in [7, 11) is 1.93. The van der Waals surface area contributed by atoms with Crippen molar-refractivity contribution >= 4 is 27.5 Å². The van der Waals surface area contributed by atoms with Gasteiger partial charge in [-0.1, -0.05) is 39.7 Å². The maximum absolute atomic E-state index is 6.31. The molecule has 0 amide bonds. The van der Waals surface area contributed by atoms with Crippen LogP contribution in [-0.4, -0.2) is 16.8 Å². The third-order valence-electron chi connectivity index (χ3n) is 3.04. The van der Waals surface area contributed by atoms with E-state index in [1.54, 1.807) is 6.20 Å². The molecule has 0 radical (unpaired) electrons. The van der Waals surface area contributed by atoms with Gasteiger partial charge in [0.25, 0.3) is 0 Å². The van der Waals surface area contributed by atoms with Gasteiger partial charge in [0.05, 0.1) is 23.0 Å². The topological polar surface area (TPSA) is 29.9 Å². The maximum Gasteiger partial charge on any atom is 0.0837 e. The van der Waals surface area contributed by atoms with Gasteiger partial charge in [0.15, 0.2) is 0 Å². The molecule has 1 unspecified atom stereocenters. The van der Waals surface area contributed by atoms with Crippen LogP contribution < -0.4 is 5.32 Å². The summed E-state index contributed by atoms with van der Waals surface area (Å²) < 4.78 is 3.03. The molecular formula is C14H17BrClN3. The van der Waals surface area contributed by atoms with Crippen LogP contribution >= 0.6 is 27.5 Å². The molecule has 2 rings (SSSR count). The van der Waals surface area contributed by atoms with Crippen molar-refractivity contribution in [2.45, 2.75) is 25.9 Å². The number of halogens is 2. The first-order valence-corrected chi connectivity index (χ1v) is 7.37. The summed E-state index contributed by atoms with van der Waals surface area (Å²) in [5, 5.41) is 8.37. The van der Waals surface area contributed by atoms with Crippen molar-refractivity contribution in [3.63, 3.8) is 0 Å². The van der Waals surface area contributed by atoms with Gasteiger partial charge in [-0.2, -0.15) is 5.10 Å². The molecule has 0 bridgehead atoms. The van der Waals surface area contributed by atoms with Crippen molar-refractivity contribution in [3.05, 3.63) is 51.2 Å². The number of hydrogen-bond donors (Lipinski definition) is 1. The lowest BCUT2D eigenvalue weighted by molar-refractivity contribution is 0.484. The van der Waals surface area contributed by atoms with Gasteiger partial charge in [0, 0.05) is 10.5 Å². The lowest BCUT2D eigenvalue weighted by Crippen LogP contribution is -2.22. The number of aromatic nitrogens is 2. The molecule has 3 nitrogen and oxygen atoms in total. The van der Waals surface area contributed by atoms with Crippen LogP contribution in [0.2, 0.25) is 5.02 Å². The van der Waals surface area contributed by atoms with E-state index in [9.17, 15) is 0 Å². The zero-order valence-electron chi connectivity index (χ0n) is 11.2. The number of hydrogen-bond acceptors (Lipinski definition) is 2. The van der Waals surface area contributed by atoms with Gasteiger partial charge in [0.2, 0.25) is 0 Å². The van der Waals surface area contributed by atoms with E-state index in [4.69, 9.17) is 11.6 Å². The van der Waals surface area contributed by atoms with Crippen LogP contribution in [0.4, 0.5) is 0 Å². The SMILES string of the molecule is CNC(c1ccc(Br)cc1)c1c(Cl)cnn1C(C)C. The van der Waals surface area contributed by atoms with Crippen molar-refractivity contribution < 1.29 is 0 Å². The summed E-state index contributed by atoms with van der Waals surface area (Å²) in [6.07, 6.45) is 1.71. The van der Waals surface area contributed by atoms with Gasteiger partial charge in [-0.15, -0.1) is 0 Å². The van der Waals surface area contributed by atoms with Crippen LogP contribution in [0, 0.1) is 0 Å². The summed E-state index contributed by atoms with van der Waals surface area (Å²) in [6, 6.07) is 8.53. The second kappa shape index (κ2) is 6.07. The van der Waals surface area contributed by atoms with E-state index < -0.39 is 0 Å². The molecule has 0 saturated carbocycles. The Kier molecular flexibility index (Phi) is 4.66. The largest absolute Gasteiger partial charge is 0.308 e. The maximum atomic E-state index is 6.31. The Labute approximate surface area is 127 Å². The second-order valence-electron chi connectivity index (χ2n) is 4.69.